The van der Waals surface area contributed by atoms with Crippen LogP contribution in [0.2, 0.25) is 0 Å². The molecule has 3 aromatic heterocycles. The summed E-state index contributed by atoms with van der Waals surface area (Å²) < 4.78 is 3.66. The molecular formula is C17H20N4O2S. The van der Waals surface area contributed by atoms with E-state index in [1.165, 1.54) is 16.6 Å². The Hall–Kier alpha value is -2.41. The third-order valence-corrected chi connectivity index (χ3v) is 5.21. The van der Waals surface area contributed by atoms with Crippen LogP contribution < -0.4 is 10.9 Å². The molecule has 0 aromatic carbocycles. The van der Waals surface area contributed by atoms with Crippen molar-refractivity contribution in [3.8, 4) is 0 Å². The van der Waals surface area contributed by atoms with E-state index < -0.39 is 0 Å². The van der Waals surface area contributed by atoms with E-state index in [0.717, 1.165) is 16.3 Å². The van der Waals surface area contributed by atoms with Crippen LogP contribution in [-0.2, 0) is 17.9 Å². The number of pyridine rings is 1. The van der Waals surface area contributed by atoms with Gasteiger partial charge in [-0.15, -0.1) is 11.3 Å². The number of fused-ring (bicyclic) bond motifs is 1. The summed E-state index contributed by atoms with van der Waals surface area (Å²) in [5.74, 6) is -0.0885. The van der Waals surface area contributed by atoms with Crippen molar-refractivity contribution in [1.29, 1.82) is 0 Å². The normalized spacial score (nSPS) is 11.1. The molecule has 126 valence electrons. The molecule has 7 heteroatoms. The molecule has 0 bridgehead atoms. The number of nitrogens with one attached hydrogen (secondary N) is 1. The van der Waals surface area contributed by atoms with Gasteiger partial charge in [0.15, 0.2) is 4.96 Å². The third kappa shape index (κ3) is 3.26. The Morgan fingerprint density at radius 3 is 2.79 bits per heavy atom. The topological polar surface area (TPSA) is 68.4 Å². The van der Waals surface area contributed by atoms with Crippen LogP contribution in [0.25, 0.3) is 4.96 Å². The highest BCUT2D eigenvalue weighted by atomic mass is 32.1. The molecule has 0 aliphatic carbocycles. The number of hydrogen-bond acceptors (Lipinski definition) is 4. The van der Waals surface area contributed by atoms with Gasteiger partial charge in [0.05, 0.1) is 12.2 Å². The fourth-order valence-corrected chi connectivity index (χ4v) is 3.56. The number of hydrogen-bond donors (Lipinski definition) is 1. The molecule has 3 rings (SSSR count). The summed E-state index contributed by atoms with van der Waals surface area (Å²) in [6.45, 7) is 6.77. The van der Waals surface area contributed by atoms with Crippen LogP contribution >= 0.6 is 11.3 Å². The lowest BCUT2D eigenvalue weighted by atomic mass is 10.3. The molecule has 3 aromatic rings. The van der Waals surface area contributed by atoms with E-state index in [9.17, 15) is 9.59 Å². The summed E-state index contributed by atoms with van der Waals surface area (Å²) in [7, 11) is 0. The molecule has 0 spiro atoms. The highest BCUT2D eigenvalue weighted by Crippen LogP contribution is 2.21. The Bertz CT molecular complexity index is 951. The molecule has 0 atom stereocenters. The van der Waals surface area contributed by atoms with Gasteiger partial charge in [0.2, 0.25) is 5.91 Å². The number of thiazole rings is 1. The van der Waals surface area contributed by atoms with Crippen molar-refractivity contribution >= 4 is 22.2 Å². The van der Waals surface area contributed by atoms with Gasteiger partial charge < -0.3 is 9.88 Å². The van der Waals surface area contributed by atoms with E-state index in [0.29, 0.717) is 13.1 Å². The Labute approximate surface area is 143 Å². The first-order chi connectivity index (χ1) is 11.5. The SMILES string of the molecule is Cc1sc2nc(CNC(=O)CCn3c(C)cccc3=O)cn2c1C. The van der Waals surface area contributed by atoms with Crippen LogP contribution in [0.1, 0.15) is 28.4 Å². The van der Waals surface area contributed by atoms with Crippen molar-refractivity contribution < 1.29 is 4.79 Å². The average Bonchev–Trinajstić information content (AvgIpc) is 3.04. The second-order valence-electron chi connectivity index (χ2n) is 5.81. The van der Waals surface area contributed by atoms with Gasteiger partial charge in [-0.3, -0.25) is 14.0 Å². The number of carbonyl (C=O) groups is 1. The van der Waals surface area contributed by atoms with E-state index in [4.69, 9.17) is 0 Å². The van der Waals surface area contributed by atoms with E-state index in [1.807, 2.05) is 23.6 Å². The van der Waals surface area contributed by atoms with Gasteiger partial charge in [-0.25, -0.2) is 4.98 Å². The lowest BCUT2D eigenvalue weighted by Crippen LogP contribution is -2.27. The first kappa shape index (κ1) is 16.4. The first-order valence-electron chi connectivity index (χ1n) is 7.83. The maximum atomic E-state index is 12.0. The van der Waals surface area contributed by atoms with Crippen molar-refractivity contribution in [3.05, 3.63) is 56.7 Å². The van der Waals surface area contributed by atoms with Gasteiger partial charge in [0, 0.05) is 41.5 Å². The maximum absolute atomic E-state index is 12.0. The number of rotatable bonds is 5. The summed E-state index contributed by atoms with van der Waals surface area (Å²) in [5.41, 5.74) is 2.79. The molecule has 0 saturated heterocycles. The molecule has 24 heavy (non-hydrogen) atoms. The summed E-state index contributed by atoms with van der Waals surface area (Å²) in [6, 6.07) is 5.09. The van der Waals surface area contributed by atoms with Crippen LogP contribution in [0, 0.1) is 20.8 Å². The molecule has 0 aliphatic rings. The van der Waals surface area contributed by atoms with Crippen LogP contribution in [0.15, 0.2) is 29.2 Å². The number of amides is 1. The first-order valence-corrected chi connectivity index (χ1v) is 8.64. The van der Waals surface area contributed by atoms with Crippen LogP contribution in [0.5, 0.6) is 0 Å². The number of imidazole rings is 1. The smallest absolute Gasteiger partial charge is 0.250 e. The predicted octanol–water partition coefficient (Wildman–Crippen LogP) is 2.19. The molecule has 0 fully saturated rings. The minimum absolute atomic E-state index is 0.0806. The van der Waals surface area contributed by atoms with E-state index in [1.54, 1.807) is 22.0 Å². The molecule has 1 N–H and O–H groups in total. The van der Waals surface area contributed by atoms with Crippen LogP contribution in [0.3, 0.4) is 0 Å². The van der Waals surface area contributed by atoms with Gasteiger partial charge >= 0.3 is 0 Å². The largest absolute Gasteiger partial charge is 0.350 e. The molecular weight excluding hydrogens is 324 g/mol. The van der Waals surface area contributed by atoms with Crippen LogP contribution in [0.4, 0.5) is 0 Å². The molecule has 1 amide bonds. The molecule has 6 nitrogen and oxygen atoms in total. The van der Waals surface area contributed by atoms with Crippen molar-refractivity contribution in [2.75, 3.05) is 0 Å². The highest BCUT2D eigenvalue weighted by Gasteiger charge is 2.10. The summed E-state index contributed by atoms with van der Waals surface area (Å²) in [6.07, 6.45) is 2.23. The summed E-state index contributed by atoms with van der Waals surface area (Å²) in [4.78, 5) is 30.5. The monoisotopic (exact) mass is 344 g/mol. The van der Waals surface area contributed by atoms with Gasteiger partial charge in [0.25, 0.3) is 5.56 Å². The number of carbonyl (C=O) groups excluding carboxylic acids is 1. The van der Waals surface area contributed by atoms with E-state index >= 15 is 0 Å². The Balaban J connectivity index is 1.58. The molecule has 0 unspecified atom stereocenters. The quantitative estimate of drug-likeness (QED) is 0.771. The minimum atomic E-state index is -0.0885. The number of aromatic nitrogens is 3. The fraction of sp³-hybridized carbons (Fsp3) is 0.353. The second-order valence-corrected chi connectivity index (χ2v) is 6.99. The molecule has 0 aliphatic heterocycles. The van der Waals surface area contributed by atoms with Gasteiger partial charge in [0.1, 0.15) is 0 Å². The predicted molar refractivity (Wildman–Crippen MR) is 94.4 cm³/mol. The third-order valence-electron chi connectivity index (χ3n) is 4.14. The molecule has 0 radical (unpaired) electrons. The molecule has 3 heterocycles. The Morgan fingerprint density at radius 2 is 2.08 bits per heavy atom. The lowest BCUT2D eigenvalue weighted by Gasteiger charge is -2.09. The number of nitrogens with zero attached hydrogens (tertiary/aromatic N) is 3. The highest BCUT2D eigenvalue weighted by molar-refractivity contribution is 7.17. The van der Waals surface area contributed by atoms with Crippen molar-refractivity contribution in [2.24, 2.45) is 0 Å². The van der Waals surface area contributed by atoms with Gasteiger partial charge in [-0.2, -0.15) is 0 Å². The minimum Gasteiger partial charge on any atom is -0.350 e. The average molecular weight is 344 g/mol. The Kier molecular flexibility index (Phi) is 4.53. The van der Waals surface area contributed by atoms with Crippen molar-refractivity contribution in [3.63, 3.8) is 0 Å². The standard InChI is InChI=1S/C17H20N4O2S/c1-11-5-4-6-16(23)20(11)8-7-15(22)18-9-14-10-21-12(2)13(3)24-17(21)19-14/h4-6,10H,7-9H2,1-3H3,(H,18,22). The zero-order chi connectivity index (χ0) is 17.3. The van der Waals surface area contributed by atoms with Gasteiger partial charge in [-0.1, -0.05) is 6.07 Å². The lowest BCUT2D eigenvalue weighted by molar-refractivity contribution is -0.121. The molecule has 0 saturated carbocycles. The van der Waals surface area contributed by atoms with Crippen molar-refractivity contribution in [2.45, 2.75) is 40.3 Å². The van der Waals surface area contributed by atoms with Gasteiger partial charge in [-0.05, 0) is 26.8 Å². The summed E-state index contributed by atoms with van der Waals surface area (Å²) in [5, 5.41) is 2.87. The number of aryl methyl sites for hydroxylation is 3. The van der Waals surface area contributed by atoms with E-state index in [-0.39, 0.29) is 17.9 Å². The second kappa shape index (κ2) is 6.60. The van der Waals surface area contributed by atoms with Crippen LogP contribution in [-0.4, -0.2) is 19.9 Å². The maximum Gasteiger partial charge on any atom is 0.250 e. The van der Waals surface area contributed by atoms with Crippen molar-refractivity contribution in [1.82, 2.24) is 19.3 Å². The Morgan fingerprint density at radius 1 is 1.29 bits per heavy atom. The zero-order valence-electron chi connectivity index (χ0n) is 14.0. The fourth-order valence-electron chi connectivity index (χ4n) is 2.59. The zero-order valence-corrected chi connectivity index (χ0v) is 14.8. The van der Waals surface area contributed by atoms with E-state index in [2.05, 4.69) is 24.1 Å². The summed E-state index contributed by atoms with van der Waals surface area (Å²) >= 11 is 1.65.